The van der Waals surface area contributed by atoms with Crippen LogP contribution in [-0.2, 0) is 0 Å². The highest BCUT2D eigenvalue weighted by molar-refractivity contribution is 5.97. The van der Waals surface area contributed by atoms with Gasteiger partial charge in [0.1, 0.15) is 11.5 Å². The molecule has 1 amide bonds. The van der Waals surface area contributed by atoms with Crippen molar-refractivity contribution >= 4 is 16.9 Å². The molecule has 0 aliphatic carbocycles. The molecule has 0 saturated heterocycles. The lowest BCUT2D eigenvalue weighted by Gasteiger charge is -2.12. The predicted molar refractivity (Wildman–Crippen MR) is 94.4 cm³/mol. The molecule has 26 heavy (non-hydrogen) atoms. The van der Waals surface area contributed by atoms with Crippen LogP contribution >= 0.6 is 0 Å². The number of methoxy groups -OCH3 is 1. The summed E-state index contributed by atoms with van der Waals surface area (Å²) in [6.07, 6.45) is 3.19. The molecule has 0 unspecified atom stereocenters. The Morgan fingerprint density at radius 2 is 1.81 bits per heavy atom. The van der Waals surface area contributed by atoms with Gasteiger partial charge in [-0.05, 0) is 36.4 Å². The van der Waals surface area contributed by atoms with Crippen molar-refractivity contribution in [1.82, 2.24) is 5.32 Å². The van der Waals surface area contributed by atoms with Gasteiger partial charge in [0, 0.05) is 11.9 Å². The van der Waals surface area contributed by atoms with Gasteiger partial charge in [-0.3, -0.25) is 4.79 Å². The number of amides is 1. The highest BCUT2D eigenvalue weighted by Gasteiger charge is 2.22. The maximum absolute atomic E-state index is 12.6. The third kappa shape index (κ3) is 2.97. The van der Waals surface area contributed by atoms with Crippen LogP contribution < -0.4 is 10.1 Å². The second-order valence-electron chi connectivity index (χ2n) is 5.78. The van der Waals surface area contributed by atoms with Crippen LogP contribution in [0.25, 0.3) is 11.0 Å². The Bertz CT molecular complexity index is 964. The van der Waals surface area contributed by atoms with Crippen molar-refractivity contribution < 1.29 is 22.8 Å². The first-order valence-electron chi connectivity index (χ1n) is 8.18. The van der Waals surface area contributed by atoms with Crippen molar-refractivity contribution in [2.24, 2.45) is 0 Å². The predicted octanol–water partition coefficient (Wildman–Crippen LogP) is 4.19. The molecule has 0 radical (unpaired) electrons. The fourth-order valence-corrected chi connectivity index (χ4v) is 2.91. The van der Waals surface area contributed by atoms with Crippen molar-refractivity contribution in [1.29, 1.82) is 0 Å². The number of hydrogen-bond donors (Lipinski definition) is 1. The fourth-order valence-electron chi connectivity index (χ4n) is 2.91. The molecular formula is C20H17NO5. The van der Waals surface area contributed by atoms with Crippen LogP contribution in [-0.4, -0.2) is 19.6 Å². The van der Waals surface area contributed by atoms with Crippen molar-refractivity contribution in [3.8, 4) is 5.75 Å². The van der Waals surface area contributed by atoms with Gasteiger partial charge in [-0.2, -0.15) is 0 Å². The zero-order valence-corrected chi connectivity index (χ0v) is 14.1. The van der Waals surface area contributed by atoms with Gasteiger partial charge in [0.25, 0.3) is 5.91 Å². The number of carbonyl (C=O) groups excluding carboxylic acids is 1. The van der Waals surface area contributed by atoms with E-state index >= 15 is 0 Å². The molecule has 0 fully saturated rings. The van der Waals surface area contributed by atoms with E-state index in [1.807, 2.05) is 24.3 Å². The fraction of sp³-hybridized carbons (Fsp3) is 0.150. The summed E-state index contributed by atoms with van der Waals surface area (Å²) < 4.78 is 21.9. The van der Waals surface area contributed by atoms with E-state index in [1.54, 1.807) is 43.9 Å². The quantitative estimate of drug-likeness (QED) is 0.563. The van der Waals surface area contributed by atoms with Crippen LogP contribution in [0.4, 0.5) is 0 Å². The molecule has 0 aliphatic heterocycles. The molecule has 4 rings (SSSR count). The van der Waals surface area contributed by atoms with E-state index in [-0.39, 0.29) is 17.6 Å². The molecule has 1 aromatic carbocycles. The van der Waals surface area contributed by atoms with Crippen LogP contribution in [0.1, 0.15) is 28.0 Å². The van der Waals surface area contributed by atoms with Gasteiger partial charge in [0.2, 0.25) is 0 Å². The van der Waals surface area contributed by atoms with Gasteiger partial charge in [0.05, 0.1) is 25.6 Å². The summed E-state index contributed by atoms with van der Waals surface area (Å²) in [6.45, 7) is 0.314. The van der Waals surface area contributed by atoms with E-state index in [4.69, 9.17) is 18.0 Å². The minimum absolute atomic E-state index is 0.220. The summed E-state index contributed by atoms with van der Waals surface area (Å²) >= 11 is 0. The first-order valence-corrected chi connectivity index (χ1v) is 8.18. The lowest BCUT2D eigenvalue weighted by atomic mass is 10.0. The Kier molecular flexibility index (Phi) is 4.23. The topological polar surface area (TPSA) is 77.8 Å². The Morgan fingerprint density at radius 1 is 1.08 bits per heavy atom. The number of fused-ring (bicyclic) bond motifs is 1. The van der Waals surface area contributed by atoms with Gasteiger partial charge in [0.15, 0.2) is 17.1 Å². The Balaban J connectivity index is 1.54. The average Bonchev–Trinajstić information content (AvgIpc) is 3.41. The minimum Gasteiger partial charge on any atom is -0.493 e. The van der Waals surface area contributed by atoms with Gasteiger partial charge < -0.3 is 23.3 Å². The minimum atomic E-state index is -0.314. The molecule has 4 aromatic rings. The first kappa shape index (κ1) is 16.1. The van der Waals surface area contributed by atoms with Crippen molar-refractivity contribution in [3.05, 3.63) is 78.3 Å². The van der Waals surface area contributed by atoms with E-state index in [0.29, 0.717) is 29.4 Å². The monoisotopic (exact) mass is 351 g/mol. The summed E-state index contributed by atoms with van der Waals surface area (Å²) in [6, 6.07) is 14.5. The first-order chi connectivity index (χ1) is 12.8. The Hall–Kier alpha value is -3.41. The molecule has 0 atom stereocenters. The van der Waals surface area contributed by atoms with Gasteiger partial charge >= 0.3 is 0 Å². The molecule has 6 nitrogen and oxygen atoms in total. The zero-order valence-electron chi connectivity index (χ0n) is 14.1. The van der Waals surface area contributed by atoms with Crippen molar-refractivity contribution in [2.45, 2.75) is 5.92 Å². The molecule has 132 valence electrons. The second kappa shape index (κ2) is 6.84. The van der Waals surface area contributed by atoms with Crippen molar-refractivity contribution in [3.63, 3.8) is 0 Å². The summed E-state index contributed by atoms with van der Waals surface area (Å²) in [7, 11) is 1.56. The van der Waals surface area contributed by atoms with Crippen LogP contribution in [0.5, 0.6) is 5.75 Å². The summed E-state index contributed by atoms with van der Waals surface area (Å²) in [4.78, 5) is 12.6. The normalized spacial score (nSPS) is 11.2. The van der Waals surface area contributed by atoms with E-state index in [9.17, 15) is 4.79 Å². The van der Waals surface area contributed by atoms with Crippen molar-refractivity contribution in [2.75, 3.05) is 13.7 Å². The number of rotatable bonds is 6. The molecule has 3 aromatic heterocycles. The van der Waals surface area contributed by atoms with Crippen LogP contribution in [0, 0.1) is 0 Å². The SMILES string of the molecule is COc1cccc2cc(C(=O)NCC(c3ccco3)c3ccco3)oc12. The van der Waals surface area contributed by atoms with E-state index < -0.39 is 0 Å². The molecule has 6 heteroatoms. The lowest BCUT2D eigenvalue weighted by molar-refractivity contribution is 0.0925. The molecule has 0 saturated carbocycles. The Morgan fingerprint density at radius 3 is 2.42 bits per heavy atom. The number of ether oxygens (including phenoxy) is 1. The van der Waals surface area contributed by atoms with E-state index in [1.165, 1.54) is 0 Å². The molecular weight excluding hydrogens is 334 g/mol. The van der Waals surface area contributed by atoms with Crippen LogP contribution in [0.3, 0.4) is 0 Å². The third-order valence-corrected chi connectivity index (χ3v) is 4.19. The van der Waals surface area contributed by atoms with Gasteiger partial charge in [-0.15, -0.1) is 0 Å². The number of nitrogens with one attached hydrogen (secondary N) is 1. The highest BCUT2D eigenvalue weighted by atomic mass is 16.5. The average molecular weight is 351 g/mol. The summed E-state index contributed by atoms with van der Waals surface area (Å²) in [5.41, 5.74) is 0.550. The van der Waals surface area contributed by atoms with Gasteiger partial charge in [-0.1, -0.05) is 12.1 Å². The summed E-state index contributed by atoms with van der Waals surface area (Å²) in [5.74, 6) is 1.71. The molecule has 0 bridgehead atoms. The standard InChI is InChI=1S/C20H17NO5/c1-23-17-6-2-5-13-11-18(26-19(13)17)20(22)21-12-14(15-7-3-9-24-15)16-8-4-10-25-16/h2-11,14H,12H2,1H3,(H,21,22). The largest absolute Gasteiger partial charge is 0.493 e. The van der Waals surface area contributed by atoms with Crippen LogP contribution in [0.2, 0.25) is 0 Å². The molecule has 3 heterocycles. The van der Waals surface area contributed by atoms with E-state index in [2.05, 4.69) is 5.32 Å². The molecule has 0 aliphatic rings. The third-order valence-electron chi connectivity index (χ3n) is 4.19. The smallest absolute Gasteiger partial charge is 0.287 e. The lowest BCUT2D eigenvalue weighted by Crippen LogP contribution is -2.28. The summed E-state index contributed by atoms with van der Waals surface area (Å²) in [5, 5.41) is 3.69. The van der Waals surface area contributed by atoms with Gasteiger partial charge in [-0.25, -0.2) is 0 Å². The maximum Gasteiger partial charge on any atom is 0.287 e. The highest BCUT2D eigenvalue weighted by Crippen LogP contribution is 2.29. The Labute approximate surface area is 149 Å². The number of furan rings is 3. The maximum atomic E-state index is 12.6. The number of hydrogen-bond acceptors (Lipinski definition) is 5. The number of benzene rings is 1. The zero-order chi connectivity index (χ0) is 17.9. The van der Waals surface area contributed by atoms with E-state index in [0.717, 1.165) is 5.39 Å². The number of para-hydroxylation sites is 1. The van der Waals surface area contributed by atoms with Crippen LogP contribution in [0.15, 0.2) is 74.3 Å². The number of carbonyl (C=O) groups is 1. The molecule has 0 spiro atoms. The second-order valence-corrected chi connectivity index (χ2v) is 5.78. The molecule has 1 N–H and O–H groups in total.